The Labute approximate surface area is 123 Å². The molecule has 0 radical (unpaired) electrons. The standard InChI is InChI=1S/C17H28N2O/c1-14(2)13-19(16-7-8-16)9-4-10-20-17-6-3-5-15(11-17)12-18/h3,5-6,11,14,16H,4,7-10,12-13,18H2,1-2H3. The summed E-state index contributed by atoms with van der Waals surface area (Å²) in [4.78, 5) is 2.63. The maximum absolute atomic E-state index is 5.82. The van der Waals surface area contributed by atoms with Crippen molar-refractivity contribution in [2.75, 3.05) is 19.7 Å². The van der Waals surface area contributed by atoms with Crippen LogP contribution in [-0.2, 0) is 6.54 Å². The van der Waals surface area contributed by atoms with Crippen LogP contribution in [0.1, 0.15) is 38.7 Å². The summed E-state index contributed by atoms with van der Waals surface area (Å²) < 4.78 is 5.82. The van der Waals surface area contributed by atoms with Crippen molar-refractivity contribution in [3.8, 4) is 5.75 Å². The maximum atomic E-state index is 5.82. The SMILES string of the molecule is CC(C)CN(CCCOc1cccc(CN)c1)C1CC1. The van der Waals surface area contributed by atoms with Crippen molar-refractivity contribution in [3.05, 3.63) is 29.8 Å². The molecule has 3 nitrogen and oxygen atoms in total. The largest absolute Gasteiger partial charge is 0.494 e. The molecule has 0 bridgehead atoms. The molecule has 1 fully saturated rings. The minimum atomic E-state index is 0.570. The average Bonchev–Trinajstić information content (AvgIpc) is 3.26. The maximum Gasteiger partial charge on any atom is 0.119 e. The Hall–Kier alpha value is -1.06. The van der Waals surface area contributed by atoms with Crippen LogP contribution in [0.25, 0.3) is 0 Å². The third kappa shape index (κ3) is 5.14. The van der Waals surface area contributed by atoms with Gasteiger partial charge in [-0.1, -0.05) is 26.0 Å². The quantitative estimate of drug-likeness (QED) is 0.705. The highest BCUT2D eigenvalue weighted by Crippen LogP contribution is 2.27. The van der Waals surface area contributed by atoms with Crippen molar-refractivity contribution in [1.29, 1.82) is 0 Å². The predicted molar refractivity (Wildman–Crippen MR) is 83.9 cm³/mol. The van der Waals surface area contributed by atoms with Gasteiger partial charge in [0.1, 0.15) is 5.75 Å². The van der Waals surface area contributed by atoms with Crippen LogP contribution < -0.4 is 10.5 Å². The zero-order valence-corrected chi connectivity index (χ0v) is 12.8. The highest BCUT2D eigenvalue weighted by atomic mass is 16.5. The van der Waals surface area contributed by atoms with Gasteiger partial charge in [0.2, 0.25) is 0 Å². The topological polar surface area (TPSA) is 38.5 Å². The second-order valence-electron chi connectivity index (χ2n) is 6.17. The van der Waals surface area contributed by atoms with E-state index >= 15 is 0 Å². The van der Waals surface area contributed by atoms with E-state index in [2.05, 4.69) is 18.7 Å². The molecule has 0 spiro atoms. The molecule has 1 saturated carbocycles. The van der Waals surface area contributed by atoms with Gasteiger partial charge in [0.05, 0.1) is 6.61 Å². The van der Waals surface area contributed by atoms with Crippen LogP contribution in [0.2, 0.25) is 0 Å². The van der Waals surface area contributed by atoms with Crippen molar-refractivity contribution in [2.45, 2.75) is 45.7 Å². The van der Waals surface area contributed by atoms with E-state index < -0.39 is 0 Å². The molecule has 1 aromatic rings. The lowest BCUT2D eigenvalue weighted by Crippen LogP contribution is -2.31. The van der Waals surface area contributed by atoms with Crippen molar-refractivity contribution in [1.82, 2.24) is 4.90 Å². The third-order valence-electron chi connectivity index (χ3n) is 3.66. The molecule has 0 aromatic heterocycles. The van der Waals surface area contributed by atoms with E-state index in [0.717, 1.165) is 42.8 Å². The Morgan fingerprint density at radius 1 is 1.35 bits per heavy atom. The van der Waals surface area contributed by atoms with Crippen LogP contribution in [-0.4, -0.2) is 30.6 Å². The Balaban J connectivity index is 1.69. The van der Waals surface area contributed by atoms with Crippen LogP contribution in [0.15, 0.2) is 24.3 Å². The molecule has 1 aliphatic rings. The van der Waals surface area contributed by atoms with Crippen molar-refractivity contribution in [2.24, 2.45) is 11.7 Å². The molecular formula is C17H28N2O. The van der Waals surface area contributed by atoms with Crippen LogP contribution in [0.3, 0.4) is 0 Å². The van der Waals surface area contributed by atoms with E-state index in [-0.39, 0.29) is 0 Å². The van der Waals surface area contributed by atoms with E-state index in [1.165, 1.54) is 19.4 Å². The van der Waals surface area contributed by atoms with E-state index in [1.54, 1.807) is 0 Å². The van der Waals surface area contributed by atoms with Gasteiger partial charge in [-0.15, -0.1) is 0 Å². The zero-order valence-electron chi connectivity index (χ0n) is 12.8. The summed E-state index contributed by atoms with van der Waals surface area (Å²) in [5.41, 5.74) is 6.76. The molecule has 0 amide bonds. The first-order valence-electron chi connectivity index (χ1n) is 7.85. The lowest BCUT2D eigenvalue weighted by Gasteiger charge is -2.23. The Morgan fingerprint density at radius 3 is 2.80 bits per heavy atom. The number of ether oxygens (including phenoxy) is 1. The van der Waals surface area contributed by atoms with Gasteiger partial charge >= 0.3 is 0 Å². The van der Waals surface area contributed by atoms with E-state index in [1.807, 2.05) is 24.3 Å². The van der Waals surface area contributed by atoms with Crippen molar-refractivity contribution in [3.63, 3.8) is 0 Å². The molecule has 1 aliphatic carbocycles. The smallest absolute Gasteiger partial charge is 0.119 e. The zero-order chi connectivity index (χ0) is 14.4. The number of hydrogen-bond donors (Lipinski definition) is 1. The fraction of sp³-hybridized carbons (Fsp3) is 0.647. The van der Waals surface area contributed by atoms with Gasteiger partial charge in [-0.3, -0.25) is 0 Å². The van der Waals surface area contributed by atoms with Crippen LogP contribution in [0.5, 0.6) is 5.75 Å². The lowest BCUT2D eigenvalue weighted by molar-refractivity contribution is 0.208. The fourth-order valence-electron chi connectivity index (χ4n) is 2.55. The van der Waals surface area contributed by atoms with Gasteiger partial charge in [0.25, 0.3) is 0 Å². The molecule has 2 rings (SSSR count). The van der Waals surface area contributed by atoms with Gasteiger partial charge in [0.15, 0.2) is 0 Å². The van der Waals surface area contributed by atoms with Gasteiger partial charge < -0.3 is 15.4 Å². The molecule has 0 saturated heterocycles. The third-order valence-corrected chi connectivity index (χ3v) is 3.66. The lowest BCUT2D eigenvalue weighted by atomic mass is 10.2. The molecule has 1 aromatic carbocycles. The molecule has 3 heteroatoms. The van der Waals surface area contributed by atoms with Crippen LogP contribution in [0, 0.1) is 5.92 Å². The first-order valence-corrected chi connectivity index (χ1v) is 7.85. The molecular weight excluding hydrogens is 248 g/mol. The van der Waals surface area contributed by atoms with Gasteiger partial charge in [-0.05, 0) is 42.9 Å². The predicted octanol–water partition coefficient (Wildman–Crippen LogP) is 3.03. The fourth-order valence-corrected chi connectivity index (χ4v) is 2.55. The summed E-state index contributed by atoms with van der Waals surface area (Å²) in [6.45, 7) is 8.32. The van der Waals surface area contributed by atoms with Gasteiger partial charge in [-0.2, -0.15) is 0 Å². The van der Waals surface area contributed by atoms with E-state index in [9.17, 15) is 0 Å². The van der Waals surface area contributed by atoms with Gasteiger partial charge in [0, 0.05) is 25.7 Å². The highest BCUT2D eigenvalue weighted by Gasteiger charge is 2.28. The molecule has 0 unspecified atom stereocenters. The molecule has 0 aliphatic heterocycles. The normalized spacial score (nSPS) is 15.1. The summed E-state index contributed by atoms with van der Waals surface area (Å²) in [7, 11) is 0. The first-order chi connectivity index (χ1) is 9.69. The Kier molecular flexibility index (Phi) is 5.86. The summed E-state index contributed by atoms with van der Waals surface area (Å²) in [6, 6.07) is 8.92. The summed E-state index contributed by atoms with van der Waals surface area (Å²) in [5.74, 6) is 1.69. The molecule has 20 heavy (non-hydrogen) atoms. The van der Waals surface area contributed by atoms with Gasteiger partial charge in [-0.25, -0.2) is 0 Å². The van der Waals surface area contributed by atoms with E-state index in [0.29, 0.717) is 6.54 Å². The number of nitrogens with zero attached hydrogens (tertiary/aromatic N) is 1. The molecule has 112 valence electrons. The van der Waals surface area contributed by atoms with Crippen molar-refractivity contribution >= 4 is 0 Å². The molecule has 0 atom stereocenters. The Bertz CT molecular complexity index is 402. The minimum absolute atomic E-state index is 0.570. The number of nitrogens with two attached hydrogens (primary N) is 1. The van der Waals surface area contributed by atoms with Crippen LogP contribution >= 0.6 is 0 Å². The summed E-state index contributed by atoms with van der Waals surface area (Å²) >= 11 is 0. The summed E-state index contributed by atoms with van der Waals surface area (Å²) in [5, 5.41) is 0. The Morgan fingerprint density at radius 2 is 2.15 bits per heavy atom. The highest BCUT2D eigenvalue weighted by molar-refractivity contribution is 5.28. The second kappa shape index (κ2) is 7.65. The number of hydrogen-bond acceptors (Lipinski definition) is 3. The average molecular weight is 276 g/mol. The first kappa shape index (κ1) is 15.3. The molecule has 0 heterocycles. The number of benzene rings is 1. The monoisotopic (exact) mass is 276 g/mol. The number of rotatable bonds is 9. The van der Waals surface area contributed by atoms with Crippen LogP contribution in [0.4, 0.5) is 0 Å². The minimum Gasteiger partial charge on any atom is -0.494 e. The molecule has 2 N–H and O–H groups in total. The van der Waals surface area contributed by atoms with E-state index in [4.69, 9.17) is 10.5 Å². The van der Waals surface area contributed by atoms with Crippen molar-refractivity contribution < 1.29 is 4.74 Å². The second-order valence-corrected chi connectivity index (χ2v) is 6.17. The summed E-state index contributed by atoms with van der Waals surface area (Å²) in [6.07, 6.45) is 3.86.